The number of nitrogen functional groups attached to an aromatic ring is 1. The van der Waals surface area contributed by atoms with Gasteiger partial charge in [-0.05, 0) is 24.9 Å². The second-order valence-corrected chi connectivity index (χ2v) is 4.48. The van der Waals surface area contributed by atoms with Crippen LogP contribution in [-0.4, -0.2) is 24.3 Å². The molecule has 0 aliphatic carbocycles. The van der Waals surface area contributed by atoms with Gasteiger partial charge in [0, 0.05) is 12.1 Å². The minimum Gasteiger partial charge on any atom is -0.384 e. The molecule has 1 aliphatic rings. The molecule has 1 fully saturated rings. The molecule has 112 valence electrons. The number of amides is 1. The summed E-state index contributed by atoms with van der Waals surface area (Å²) in [5, 5.41) is 13.4. The maximum absolute atomic E-state index is 11.8. The van der Waals surface area contributed by atoms with Crippen molar-refractivity contribution >= 4 is 36.6 Å². The second-order valence-electron chi connectivity index (χ2n) is 4.48. The number of carbonyl (C=O) groups excluding carboxylic acids is 1. The Labute approximate surface area is 131 Å². The van der Waals surface area contributed by atoms with Crippen molar-refractivity contribution in [3.63, 3.8) is 0 Å². The van der Waals surface area contributed by atoms with Gasteiger partial charge in [-0.25, -0.2) is 0 Å². The number of nitrogens with two attached hydrogens (primary N) is 1. The van der Waals surface area contributed by atoms with Crippen molar-refractivity contribution in [1.82, 2.24) is 10.6 Å². The van der Waals surface area contributed by atoms with Crippen molar-refractivity contribution in [2.75, 3.05) is 6.54 Å². The van der Waals surface area contributed by atoms with Gasteiger partial charge in [-0.15, -0.1) is 24.8 Å². The quantitative estimate of drug-likeness (QED) is 0.496. The van der Waals surface area contributed by atoms with E-state index in [9.17, 15) is 4.79 Å². The lowest BCUT2D eigenvalue weighted by molar-refractivity contribution is -0.122. The molecule has 5 N–H and O–H groups in total. The number of benzene rings is 1. The maximum atomic E-state index is 11.8. The lowest BCUT2D eigenvalue weighted by Crippen LogP contribution is -2.39. The number of nitrogens with one attached hydrogen (secondary N) is 3. The first-order chi connectivity index (χ1) is 8.66. The zero-order valence-electron chi connectivity index (χ0n) is 11.0. The number of rotatable bonds is 4. The van der Waals surface area contributed by atoms with Gasteiger partial charge in [0.15, 0.2) is 0 Å². The van der Waals surface area contributed by atoms with E-state index in [0.717, 1.165) is 24.9 Å². The van der Waals surface area contributed by atoms with Crippen molar-refractivity contribution in [2.24, 2.45) is 5.73 Å². The number of halogens is 2. The van der Waals surface area contributed by atoms with E-state index in [0.29, 0.717) is 12.1 Å². The molecule has 1 atom stereocenters. The Morgan fingerprint density at radius 1 is 1.35 bits per heavy atom. The van der Waals surface area contributed by atoms with E-state index in [1.165, 1.54) is 0 Å². The highest BCUT2D eigenvalue weighted by Crippen LogP contribution is 2.06. The van der Waals surface area contributed by atoms with E-state index in [1.54, 1.807) is 12.1 Å². The van der Waals surface area contributed by atoms with Gasteiger partial charge in [-0.2, -0.15) is 0 Å². The molecule has 0 radical (unpaired) electrons. The van der Waals surface area contributed by atoms with Crippen LogP contribution in [0.3, 0.4) is 0 Å². The predicted molar refractivity (Wildman–Crippen MR) is 84.8 cm³/mol. The summed E-state index contributed by atoms with van der Waals surface area (Å²) >= 11 is 0. The SMILES string of the molecule is Cl.Cl.N=C(N)c1ccc(CNC(=O)C2CCCN2)cc1. The van der Waals surface area contributed by atoms with Crippen LogP contribution in [0.15, 0.2) is 24.3 Å². The Bertz CT molecular complexity index is 444. The molecule has 1 aromatic rings. The van der Waals surface area contributed by atoms with Crippen LogP contribution in [0.5, 0.6) is 0 Å². The Hall–Kier alpha value is -1.30. The van der Waals surface area contributed by atoms with E-state index in [-0.39, 0.29) is 42.6 Å². The van der Waals surface area contributed by atoms with Crippen molar-refractivity contribution in [3.8, 4) is 0 Å². The zero-order valence-corrected chi connectivity index (χ0v) is 12.7. The lowest BCUT2D eigenvalue weighted by Gasteiger charge is -2.11. The van der Waals surface area contributed by atoms with E-state index in [1.807, 2.05) is 12.1 Å². The van der Waals surface area contributed by atoms with Crippen molar-refractivity contribution in [3.05, 3.63) is 35.4 Å². The van der Waals surface area contributed by atoms with E-state index in [4.69, 9.17) is 11.1 Å². The van der Waals surface area contributed by atoms with Gasteiger partial charge in [0.05, 0.1) is 6.04 Å². The summed E-state index contributed by atoms with van der Waals surface area (Å²) in [6.07, 6.45) is 1.97. The third kappa shape index (κ3) is 5.00. The summed E-state index contributed by atoms with van der Waals surface area (Å²) in [6, 6.07) is 7.29. The summed E-state index contributed by atoms with van der Waals surface area (Å²) in [6.45, 7) is 1.43. The largest absolute Gasteiger partial charge is 0.384 e. The highest BCUT2D eigenvalue weighted by atomic mass is 35.5. The first-order valence-corrected chi connectivity index (χ1v) is 6.11. The number of amidine groups is 1. The fourth-order valence-corrected chi connectivity index (χ4v) is 2.02. The van der Waals surface area contributed by atoms with Crippen LogP contribution >= 0.6 is 24.8 Å². The lowest BCUT2D eigenvalue weighted by atomic mass is 10.1. The predicted octanol–water partition coefficient (Wildman–Crippen LogP) is 1.18. The summed E-state index contributed by atoms with van der Waals surface area (Å²) in [5.41, 5.74) is 7.08. The summed E-state index contributed by atoms with van der Waals surface area (Å²) in [7, 11) is 0. The highest BCUT2D eigenvalue weighted by Gasteiger charge is 2.21. The van der Waals surface area contributed by atoms with Gasteiger partial charge in [0.25, 0.3) is 0 Å². The van der Waals surface area contributed by atoms with Crippen LogP contribution in [0.4, 0.5) is 0 Å². The maximum Gasteiger partial charge on any atom is 0.237 e. The van der Waals surface area contributed by atoms with Crippen LogP contribution in [0, 0.1) is 5.41 Å². The second kappa shape index (κ2) is 8.79. The van der Waals surface area contributed by atoms with Crippen molar-refractivity contribution in [2.45, 2.75) is 25.4 Å². The zero-order chi connectivity index (χ0) is 13.0. The van der Waals surface area contributed by atoms with Crippen LogP contribution < -0.4 is 16.4 Å². The van der Waals surface area contributed by atoms with Crippen LogP contribution in [0.25, 0.3) is 0 Å². The average Bonchev–Trinajstić information content (AvgIpc) is 2.90. The molecular formula is C13H20Cl2N4O. The molecule has 0 saturated carbocycles. The fraction of sp³-hybridized carbons (Fsp3) is 0.385. The highest BCUT2D eigenvalue weighted by molar-refractivity contribution is 5.94. The molecule has 1 saturated heterocycles. The molecule has 1 heterocycles. The number of hydrogen-bond donors (Lipinski definition) is 4. The fourth-order valence-electron chi connectivity index (χ4n) is 2.02. The average molecular weight is 319 g/mol. The number of carbonyl (C=O) groups is 1. The van der Waals surface area contributed by atoms with Crippen LogP contribution in [0.1, 0.15) is 24.0 Å². The smallest absolute Gasteiger partial charge is 0.237 e. The minimum absolute atomic E-state index is 0. The molecule has 0 spiro atoms. The van der Waals surface area contributed by atoms with Gasteiger partial charge in [0.2, 0.25) is 5.91 Å². The third-order valence-corrected chi connectivity index (χ3v) is 3.11. The molecule has 0 bridgehead atoms. The summed E-state index contributed by atoms with van der Waals surface area (Å²) in [4.78, 5) is 11.8. The van der Waals surface area contributed by atoms with Gasteiger partial charge >= 0.3 is 0 Å². The summed E-state index contributed by atoms with van der Waals surface area (Å²) in [5.74, 6) is 0.115. The molecule has 1 aromatic carbocycles. The first kappa shape index (κ1) is 18.7. The molecular weight excluding hydrogens is 299 g/mol. The molecule has 5 nitrogen and oxygen atoms in total. The summed E-state index contributed by atoms with van der Waals surface area (Å²) < 4.78 is 0. The van der Waals surface area contributed by atoms with E-state index in [2.05, 4.69) is 10.6 Å². The van der Waals surface area contributed by atoms with E-state index >= 15 is 0 Å². The van der Waals surface area contributed by atoms with Gasteiger partial charge < -0.3 is 16.4 Å². The standard InChI is InChI=1S/C13H18N4O.2ClH/c14-12(15)10-5-3-9(4-6-10)8-17-13(18)11-2-1-7-16-11;;/h3-6,11,16H,1-2,7-8H2,(H3,14,15)(H,17,18);2*1H. The van der Waals surface area contributed by atoms with Crippen molar-refractivity contribution < 1.29 is 4.79 Å². The first-order valence-electron chi connectivity index (χ1n) is 6.11. The molecule has 1 amide bonds. The Morgan fingerprint density at radius 3 is 2.50 bits per heavy atom. The van der Waals surface area contributed by atoms with E-state index < -0.39 is 0 Å². The molecule has 2 rings (SSSR count). The monoisotopic (exact) mass is 318 g/mol. The molecule has 1 aliphatic heterocycles. The minimum atomic E-state index is -0.0403. The Kier molecular flexibility index (Phi) is 8.22. The normalized spacial score (nSPS) is 16.7. The van der Waals surface area contributed by atoms with Crippen molar-refractivity contribution in [1.29, 1.82) is 5.41 Å². The molecule has 0 aromatic heterocycles. The third-order valence-electron chi connectivity index (χ3n) is 3.11. The molecule has 7 heteroatoms. The Morgan fingerprint density at radius 2 is 2.00 bits per heavy atom. The molecule has 1 unspecified atom stereocenters. The van der Waals surface area contributed by atoms with Gasteiger partial charge in [-0.1, -0.05) is 24.3 Å². The number of hydrogen-bond acceptors (Lipinski definition) is 3. The Balaban J connectivity index is 0.00000180. The van der Waals surface area contributed by atoms with Crippen LogP contribution in [-0.2, 0) is 11.3 Å². The van der Waals surface area contributed by atoms with Crippen LogP contribution in [0.2, 0.25) is 0 Å². The topological polar surface area (TPSA) is 91.0 Å². The van der Waals surface area contributed by atoms with Gasteiger partial charge in [0.1, 0.15) is 5.84 Å². The molecule has 20 heavy (non-hydrogen) atoms. The van der Waals surface area contributed by atoms with Gasteiger partial charge in [-0.3, -0.25) is 10.2 Å².